The Morgan fingerprint density at radius 1 is 1.24 bits per heavy atom. The molecule has 6 heteroatoms. The molecule has 0 fully saturated rings. The predicted molar refractivity (Wildman–Crippen MR) is 86.6 cm³/mol. The van der Waals surface area contributed by atoms with Crippen molar-refractivity contribution in [3.8, 4) is 5.75 Å². The van der Waals surface area contributed by atoms with E-state index in [-0.39, 0.29) is 10.6 Å². The number of aryl methyl sites for hydroxylation is 1. The molecule has 0 aliphatic carbocycles. The summed E-state index contributed by atoms with van der Waals surface area (Å²) in [5.41, 5.74) is 7.67. The minimum absolute atomic E-state index is 0.230. The summed E-state index contributed by atoms with van der Waals surface area (Å²) in [4.78, 5) is 12.4. The highest BCUT2D eigenvalue weighted by Crippen LogP contribution is 2.32. The van der Waals surface area contributed by atoms with Crippen LogP contribution >= 0.6 is 23.2 Å². The summed E-state index contributed by atoms with van der Waals surface area (Å²) in [5.74, 6) is 0.0581. The van der Waals surface area contributed by atoms with Crippen molar-refractivity contribution in [2.75, 3.05) is 18.2 Å². The molecule has 2 rings (SSSR count). The third kappa shape index (κ3) is 3.23. The molecule has 0 heterocycles. The van der Waals surface area contributed by atoms with Crippen molar-refractivity contribution in [2.45, 2.75) is 6.92 Å². The number of anilines is 2. The zero-order chi connectivity index (χ0) is 15.6. The number of hydrogen-bond acceptors (Lipinski definition) is 3. The van der Waals surface area contributed by atoms with E-state index in [2.05, 4.69) is 5.32 Å². The van der Waals surface area contributed by atoms with Crippen molar-refractivity contribution >= 4 is 40.5 Å². The lowest BCUT2D eigenvalue weighted by Gasteiger charge is -2.13. The molecule has 0 unspecified atom stereocenters. The van der Waals surface area contributed by atoms with Gasteiger partial charge in [0, 0.05) is 16.8 Å². The molecule has 0 bridgehead atoms. The monoisotopic (exact) mass is 324 g/mol. The van der Waals surface area contributed by atoms with E-state index >= 15 is 0 Å². The third-order valence-electron chi connectivity index (χ3n) is 3.00. The Kier molecular flexibility index (Phi) is 4.60. The number of nitrogen functional groups attached to an aromatic ring is 1. The molecule has 2 aromatic rings. The number of nitrogens with two attached hydrogens (primary N) is 1. The van der Waals surface area contributed by atoms with Crippen LogP contribution in [0.4, 0.5) is 11.4 Å². The van der Waals surface area contributed by atoms with Crippen LogP contribution in [0.15, 0.2) is 30.3 Å². The number of carbonyl (C=O) groups is 1. The van der Waals surface area contributed by atoms with Crippen molar-refractivity contribution in [3.05, 3.63) is 51.5 Å². The highest BCUT2D eigenvalue weighted by molar-refractivity contribution is 6.35. The lowest BCUT2D eigenvalue weighted by molar-refractivity contribution is 0.102. The smallest absolute Gasteiger partial charge is 0.259 e. The number of carbonyl (C=O) groups excluding carboxylic acids is 1. The normalized spacial score (nSPS) is 10.3. The van der Waals surface area contributed by atoms with Crippen LogP contribution < -0.4 is 15.8 Å². The van der Waals surface area contributed by atoms with Crippen LogP contribution in [0.5, 0.6) is 5.75 Å². The zero-order valence-corrected chi connectivity index (χ0v) is 13.0. The summed E-state index contributed by atoms with van der Waals surface area (Å²) in [6, 6.07) is 8.28. The van der Waals surface area contributed by atoms with Gasteiger partial charge in [0.05, 0.1) is 23.4 Å². The van der Waals surface area contributed by atoms with Gasteiger partial charge in [-0.1, -0.05) is 29.3 Å². The fourth-order valence-corrected chi connectivity index (χ4v) is 2.32. The molecule has 2 aromatic carbocycles. The van der Waals surface area contributed by atoms with E-state index in [1.54, 1.807) is 30.3 Å². The number of amides is 1. The Morgan fingerprint density at radius 2 is 1.95 bits per heavy atom. The molecule has 0 spiro atoms. The van der Waals surface area contributed by atoms with E-state index < -0.39 is 5.91 Å². The van der Waals surface area contributed by atoms with Gasteiger partial charge < -0.3 is 15.8 Å². The van der Waals surface area contributed by atoms with Gasteiger partial charge in [0.2, 0.25) is 0 Å². The number of nitrogens with one attached hydrogen (secondary N) is 1. The fraction of sp³-hybridized carbons (Fsp3) is 0.133. The second-order valence-electron chi connectivity index (χ2n) is 4.46. The van der Waals surface area contributed by atoms with Gasteiger partial charge in [-0.3, -0.25) is 4.79 Å². The molecule has 0 saturated heterocycles. The van der Waals surface area contributed by atoms with E-state index in [0.717, 1.165) is 5.56 Å². The topological polar surface area (TPSA) is 64.3 Å². The van der Waals surface area contributed by atoms with E-state index in [4.69, 9.17) is 33.7 Å². The molecular formula is C15H14Cl2N2O2. The van der Waals surface area contributed by atoms with E-state index in [0.29, 0.717) is 22.1 Å². The van der Waals surface area contributed by atoms with Crippen LogP contribution in [0.25, 0.3) is 0 Å². The molecule has 0 aliphatic rings. The summed E-state index contributed by atoms with van der Waals surface area (Å²) in [6.45, 7) is 1.83. The predicted octanol–water partition coefficient (Wildman–Crippen LogP) is 4.14. The Morgan fingerprint density at radius 3 is 2.57 bits per heavy atom. The largest absolute Gasteiger partial charge is 0.495 e. The highest BCUT2D eigenvalue weighted by atomic mass is 35.5. The molecule has 0 saturated carbocycles. The number of methoxy groups -OCH3 is 1. The summed E-state index contributed by atoms with van der Waals surface area (Å²) in [7, 11) is 1.50. The number of benzene rings is 2. The molecule has 0 atom stereocenters. The van der Waals surface area contributed by atoms with Crippen LogP contribution in [-0.4, -0.2) is 13.0 Å². The van der Waals surface area contributed by atoms with Crippen molar-refractivity contribution in [2.24, 2.45) is 0 Å². The second-order valence-corrected chi connectivity index (χ2v) is 5.27. The van der Waals surface area contributed by atoms with Crippen molar-refractivity contribution in [3.63, 3.8) is 0 Å². The summed E-state index contributed by atoms with van der Waals surface area (Å²) in [5, 5.41) is 3.59. The molecule has 21 heavy (non-hydrogen) atoms. The quantitative estimate of drug-likeness (QED) is 0.834. The van der Waals surface area contributed by atoms with Crippen LogP contribution in [0.1, 0.15) is 15.9 Å². The molecular weight excluding hydrogens is 311 g/mol. The summed E-state index contributed by atoms with van der Waals surface area (Å²) in [6.07, 6.45) is 0. The summed E-state index contributed by atoms with van der Waals surface area (Å²) < 4.78 is 5.21. The zero-order valence-electron chi connectivity index (χ0n) is 11.5. The number of hydrogen-bond donors (Lipinski definition) is 2. The van der Waals surface area contributed by atoms with Gasteiger partial charge in [-0.05, 0) is 30.7 Å². The van der Waals surface area contributed by atoms with E-state index in [1.807, 2.05) is 6.92 Å². The lowest BCUT2D eigenvalue weighted by Crippen LogP contribution is -2.15. The van der Waals surface area contributed by atoms with Gasteiger partial charge in [-0.15, -0.1) is 0 Å². The first-order valence-corrected chi connectivity index (χ1v) is 6.89. The van der Waals surface area contributed by atoms with Crippen LogP contribution in [0, 0.1) is 6.92 Å². The molecule has 4 nitrogen and oxygen atoms in total. The Balaban J connectivity index is 2.38. The molecule has 3 N–H and O–H groups in total. The Hall–Kier alpha value is -1.91. The van der Waals surface area contributed by atoms with Gasteiger partial charge >= 0.3 is 0 Å². The molecule has 110 valence electrons. The standard InChI is InChI=1S/C15H14Cl2N2O2/c1-8-6-12(13(21-2)7-10(8)17)19-15(20)14-9(16)4-3-5-11(14)18/h3-7H,18H2,1-2H3,(H,19,20). The molecule has 0 aliphatic heterocycles. The highest BCUT2D eigenvalue weighted by Gasteiger charge is 2.16. The molecule has 0 radical (unpaired) electrons. The maximum absolute atomic E-state index is 12.4. The average Bonchev–Trinajstić information content (AvgIpc) is 2.42. The first-order chi connectivity index (χ1) is 9.93. The van der Waals surface area contributed by atoms with Gasteiger partial charge in [0.25, 0.3) is 5.91 Å². The number of halogens is 2. The average molecular weight is 325 g/mol. The molecule has 1 amide bonds. The maximum Gasteiger partial charge on any atom is 0.259 e. The third-order valence-corrected chi connectivity index (χ3v) is 3.72. The first-order valence-electron chi connectivity index (χ1n) is 6.13. The van der Waals surface area contributed by atoms with E-state index in [9.17, 15) is 4.79 Å². The van der Waals surface area contributed by atoms with Crippen molar-refractivity contribution < 1.29 is 9.53 Å². The van der Waals surface area contributed by atoms with Gasteiger partial charge in [0.15, 0.2) is 0 Å². The van der Waals surface area contributed by atoms with Crippen LogP contribution in [0.3, 0.4) is 0 Å². The number of ether oxygens (including phenoxy) is 1. The van der Waals surface area contributed by atoms with Crippen LogP contribution in [-0.2, 0) is 0 Å². The Bertz CT molecular complexity index is 682. The first kappa shape index (κ1) is 15.5. The van der Waals surface area contributed by atoms with Crippen LogP contribution in [0.2, 0.25) is 10.0 Å². The van der Waals surface area contributed by atoms with Gasteiger partial charge in [0.1, 0.15) is 5.75 Å². The second kappa shape index (κ2) is 6.24. The lowest BCUT2D eigenvalue weighted by atomic mass is 10.1. The van der Waals surface area contributed by atoms with Gasteiger partial charge in [-0.25, -0.2) is 0 Å². The molecule has 0 aromatic heterocycles. The van der Waals surface area contributed by atoms with Crippen molar-refractivity contribution in [1.29, 1.82) is 0 Å². The minimum atomic E-state index is -0.405. The Labute approximate surface area is 132 Å². The minimum Gasteiger partial charge on any atom is -0.495 e. The maximum atomic E-state index is 12.4. The van der Waals surface area contributed by atoms with Gasteiger partial charge in [-0.2, -0.15) is 0 Å². The number of rotatable bonds is 3. The SMILES string of the molecule is COc1cc(Cl)c(C)cc1NC(=O)c1c(N)cccc1Cl. The van der Waals surface area contributed by atoms with E-state index in [1.165, 1.54) is 7.11 Å². The summed E-state index contributed by atoms with van der Waals surface area (Å²) >= 11 is 12.1. The van der Waals surface area contributed by atoms with Crippen molar-refractivity contribution in [1.82, 2.24) is 0 Å². The fourth-order valence-electron chi connectivity index (χ4n) is 1.90.